The molecule has 0 radical (unpaired) electrons. The number of carbonyl (C=O) groups is 1. The Balaban J connectivity index is 1.82. The third kappa shape index (κ3) is 3.18. The van der Waals surface area contributed by atoms with E-state index < -0.39 is 0 Å². The number of hydrogen-bond donors (Lipinski definition) is 1. The number of aryl methyl sites for hydroxylation is 2. The number of nitrogens with zero attached hydrogens (tertiary/aromatic N) is 3. The van der Waals surface area contributed by atoms with Crippen molar-refractivity contribution in [3.63, 3.8) is 0 Å². The highest BCUT2D eigenvalue weighted by Gasteiger charge is 2.28. The van der Waals surface area contributed by atoms with Crippen LogP contribution in [0.1, 0.15) is 23.1 Å². The van der Waals surface area contributed by atoms with Crippen LogP contribution >= 0.6 is 23.1 Å². The van der Waals surface area contributed by atoms with Crippen LogP contribution in [0.15, 0.2) is 16.1 Å². The zero-order chi connectivity index (χ0) is 16.6. The van der Waals surface area contributed by atoms with Gasteiger partial charge in [-0.25, -0.2) is 9.97 Å². The van der Waals surface area contributed by atoms with Gasteiger partial charge in [0.15, 0.2) is 10.3 Å². The van der Waals surface area contributed by atoms with Gasteiger partial charge < -0.3 is 5.32 Å². The summed E-state index contributed by atoms with van der Waals surface area (Å²) in [5.41, 5.74) is 1.49. The van der Waals surface area contributed by atoms with Crippen molar-refractivity contribution in [1.29, 1.82) is 0 Å². The summed E-state index contributed by atoms with van der Waals surface area (Å²) in [4.78, 5) is 34.7. The molecule has 2 aromatic heterocycles. The van der Waals surface area contributed by atoms with Crippen LogP contribution in [0, 0.1) is 19.8 Å². The number of amides is 1. The molecule has 1 atom stereocenters. The van der Waals surface area contributed by atoms with E-state index in [1.54, 1.807) is 10.8 Å². The monoisotopic (exact) mass is 350 g/mol. The third-order valence-electron chi connectivity index (χ3n) is 3.83. The highest BCUT2D eigenvalue weighted by molar-refractivity contribution is 7.99. The van der Waals surface area contributed by atoms with Crippen molar-refractivity contribution in [3.8, 4) is 0 Å². The number of rotatable bonds is 3. The molecule has 1 amide bonds. The lowest BCUT2D eigenvalue weighted by molar-refractivity contribution is -0.119. The van der Waals surface area contributed by atoms with E-state index >= 15 is 0 Å². The molecular weight excluding hydrogens is 332 g/mol. The predicted molar refractivity (Wildman–Crippen MR) is 92.3 cm³/mol. The van der Waals surface area contributed by atoms with E-state index in [0.717, 1.165) is 16.1 Å². The molecule has 1 N–H and O–H groups in total. The normalized spacial score (nSPS) is 16.9. The molecule has 1 aliphatic heterocycles. The number of carbonyl (C=O) groups excluding carboxylic acids is 1. The van der Waals surface area contributed by atoms with Crippen molar-refractivity contribution in [2.45, 2.75) is 38.9 Å². The quantitative estimate of drug-likeness (QED) is 0.859. The van der Waals surface area contributed by atoms with Crippen LogP contribution in [0.2, 0.25) is 0 Å². The summed E-state index contributed by atoms with van der Waals surface area (Å²) in [6, 6.07) is 0. The lowest BCUT2D eigenvalue weighted by Gasteiger charge is -2.24. The summed E-state index contributed by atoms with van der Waals surface area (Å²) in [5, 5.41) is 4.15. The first kappa shape index (κ1) is 16.2. The second-order valence-electron chi connectivity index (χ2n) is 5.50. The van der Waals surface area contributed by atoms with Gasteiger partial charge in [-0.3, -0.25) is 14.2 Å². The van der Waals surface area contributed by atoms with Crippen LogP contribution < -0.4 is 10.9 Å². The second-order valence-corrected chi connectivity index (χ2v) is 7.72. The SMILES string of the molecule is CCc1c(C)nc2n(c1=O)CC(C(=O)Nc1ncc(C)s1)CS2. The summed E-state index contributed by atoms with van der Waals surface area (Å²) in [6.45, 7) is 6.13. The van der Waals surface area contributed by atoms with E-state index in [1.165, 1.54) is 23.1 Å². The van der Waals surface area contributed by atoms with Crippen LogP contribution in [-0.4, -0.2) is 26.2 Å². The summed E-state index contributed by atoms with van der Waals surface area (Å²) in [7, 11) is 0. The Morgan fingerprint density at radius 1 is 1.48 bits per heavy atom. The standard InChI is InChI=1S/C15H18N4O2S2/c1-4-11-9(3)17-15-19(13(11)21)6-10(7-22-15)12(20)18-14-16-5-8(2)23-14/h5,10H,4,6-7H2,1-3H3,(H,16,18,20). The molecular formula is C15H18N4O2S2. The minimum atomic E-state index is -0.261. The molecule has 0 saturated heterocycles. The van der Waals surface area contributed by atoms with E-state index in [2.05, 4.69) is 15.3 Å². The lowest BCUT2D eigenvalue weighted by Crippen LogP contribution is -2.38. The van der Waals surface area contributed by atoms with Crippen LogP contribution in [0.4, 0.5) is 5.13 Å². The molecule has 3 rings (SSSR count). The molecule has 6 nitrogen and oxygen atoms in total. The van der Waals surface area contributed by atoms with Gasteiger partial charge >= 0.3 is 0 Å². The van der Waals surface area contributed by atoms with Crippen LogP contribution in [0.5, 0.6) is 0 Å². The van der Waals surface area contributed by atoms with E-state index in [0.29, 0.717) is 29.0 Å². The van der Waals surface area contributed by atoms with Crippen molar-refractivity contribution >= 4 is 34.1 Å². The van der Waals surface area contributed by atoms with E-state index in [1.807, 2.05) is 20.8 Å². The Morgan fingerprint density at radius 3 is 2.91 bits per heavy atom. The molecule has 0 saturated carbocycles. The fourth-order valence-corrected chi connectivity index (χ4v) is 4.37. The smallest absolute Gasteiger partial charge is 0.257 e. The molecule has 8 heteroatoms. The summed E-state index contributed by atoms with van der Waals surface area (Å²) in [6.07, 6.45) is 2.38. The van der Waals surface area contributed by atoms with Gasteiger partial charge in [-0.2, -0.15) is 0 Å². The van der Waals surface area contributed by atoms with Gasteiger partial charge in [0.1, 0.15) is 0 Å². The topological polar surface area (TPSA) is 76.9 Å². The number of thiazole rings is 1. The first-order valence-corrected chi connectivity index (χ1v) is 9.26. The molecule has 23 heavy (non-hydrogen) atoms. The number of anilines is 1. The molecule has 2 aromatic rings. The molecule has 0 fully saturated rings. The fourth-order valence-electron chi connectivity index (χ4n) is 2.58. The summed E-state index contributed by atoms with van der Waals surface area (Å²) < 4.78 is 1.64. The van der Waals surface area contributed by atoms with Crippen molar-refractivity contribution in [2.75, 3.05) is 11.1 Å². The predicted octanol–water partition coefficient (Wildman–Crippen LogP) is 2.24. The van der Waals surface area contributed by atoms with E-state index in [4.69, 9.17) is 0 Å². The zero-order valence-corrected chi connectivity index (χ0v) is 14.9. The first-order valence-electron chi connectivity index (χ1n) is 7.46. The van der Waals surface area contributed by atoms with Crippen LogP contribution in [0.25, 0.3) is 0 Å². The maximum Gasteiger partial charge on any atom is 0.257 e. The van der Waals surface area contributed by atoms with E-state index in [-0.39, 0.29) is 17.4 Å². The Kier molecular flexibility index (Phi) is 4.54. The molecule has 0 spiro atoms. The molecule has 0 aromatic carbocycles. The molecule has 0 aliphatic carbocycles. The number of nitrogens with one attached hydrogen (secondary N) is 1. The average Bonchev–Trinajstić information content (AvgIpc) is 2.92. The van der Waals surface area contributed by atoms with Gasteiger partial charge in [-0.1, -0.05) is 18.7 Å². The zero-order valence-electron chi connectivity index (χ0n) is 13.3. The Labute approximate surface area is 142 Å². The Hall–Kier alpha value is -1.67. The van der Waals surface area contributed by atoms with Crippen LogP contribution in [-0.2, 0) is 17.8 Å². The van der Waals surface area contributed by atoms with Gasteiger partial charge in [-0.05, 0) is 20.3 Å². The number of fused-ring (bicyclic) bond motifs is 1. The minimum absolute atomic E-state index is 0.0231. The van der Waals surface area contributed by atoms with Gasteiger partial charge in [-0.15, -0.1) is 11.3 Å². The van der Waals surface area contributed by atoms with E-state index in [9.17, 15) is 9.59 Å². The number of hydrogen-bond acceptors (Lipinski definition) is 6. The molecule has 3 heterocycles. The summed E-state index contributed by atoms with van der Waals surface area (Å²) in [5.74, 6) is 0.264. The largest absolute Gasteiger partial charge is 0.302 e. The van der Waals surface area contributed by atoms with Crippen LogP contribution in [0.3, 0.4) is 0 Å². The fraction of sp³-hybridized carbons (Fsp3) is 0.467. The second kappa shape index (κ2) is 6.45. The maximum absolute atomic E-state index is 12.6. The van der Waals surface area contributed by atoms with Crippen molar-refractivity contribution in [2.24, 2.45) is 5.92 Å². The van der Waals surface area contributed by atoms with Gasteiger partial charge in [0.25, 0.3) is 5.56 Å². The van der Waals surface area contributed by atoms with Gasteiger partial charge in [0, 0.05) is 34.6 Å². The maximum atomic E-state index is 12.6. The molecule has 1 unspecified atom stereocenters. The number of aromatic nitrogens is 3. The Morgan fingerprint density at radius 2 is 2.26 bits per heavy atom. The third-order valence-corrected chi connectivity index (χ3v) is 5.79. The van der Waals surface area contributed by atoms with Gasteiger partial charge in [0.2, 0.25) is 5.91 Å². The Bertz CT molecular complexity index is 812. The lowest BCUT2D eigenvalue weighted by atomic mass is 10.1. The highest BCUT2D eigenvalue weighted by atomic mass is 32.2. The van der Waals surface area contributed by atoms with Crippen molar-refractivity contribution in [3.05, 3.63) is 32.7 Å². The molecule has 1 aliphatic rings. The van der Waals surface area contributed by atoms with Crippen molar-refractivity contribution in [1.82, 2.24) is 14.5 Å². The summed E-state index contributed by atoms with van der Waals surface area (Å²) >= 11 is 2.91. The minimum Gasteiger partial charge on any atom is -0.302 e. The molecule has 122 valence electrons. The van der Waals surface area contributed by atoms with Gasteiger partial charge in [0.05, 0.1) is 5.92 Å². The molecule has 0 bridgehead atoms. The number of thioether (sulfide) groups is 1. The first-order chi connectivity index (χ1) is 11.0. The average molecular weight is 350 g/mol. The highest BCUT2D eigenvalue weighted by Crippen LogP contribution is 2.27. The van der Waals surface area contributed by atoms with Crippen molar-refractivity contribution < 1.29 is 4.79 Å².